The van der Waals surface area contributed by atoms with E-state index in [4.69, 9.17) is 19.7 Å². The van der Waals surface area contributed by atoms with Crippen molar-refractivity contribution in [2.24, 2.45) is 5.73 Å². The summed E-state index contributed by atoms with van der Waals surface area (Å²) >= 11 is 0. The molecule has 2 N–H and O–H groups in total. The fourth-order valence-corrected chi connectivity index (χ4v) is 2.41. The largest absolute Gasteiger partial charge is 0.378 e. The van der Waals surface area contributed by atoms with E-state index >= 15 is 0 Å². The van der Waals surface area contributed by atoms with Gasteiger partial charge in [0, 0.05) is 18.7 Å². The predicted molar refractivity (Wildman–Crippen MR) is 81.1 cm³/mol. The van der Waals surface area contributed by atoms with Crippen LogP contribution in [0, 0.1) is 0 Å². The number of hydrogen-bond acceptors (Lipinski definition) is 6. The van der Waals surface area contributed by atoms with Crippen molar-refractivity contribution >= 4 is 0 Å². The molecule has 118 valence electrons. The van der Waals surface area contributed by atoms with Gasteiger partial charge in [0.05, 0.1) is 25.7 Å². The first-order valence-electron chi connectivity index (χ1n) is 7.66. The van der Waals surface area contributed by atoms with Crippen molar-refractivity contribution < 1.29 is 14.0 Å². The molecule has 0 radical (unpaired) electrons. The molecule has 1 aliphatic heterocycles. The van der Waals surface area contributed by atoms with E-state index in [1.165, 1.54) is 0 Å². The molecule has 1 atom stereocenters. The van der Waals surface area contributed by atoms with Crippen LogP contribution >= 0.6 is 0 Å². The molecule has 1 fully saturated rings. The van der Waals surface area contributed by atoms with Gasteiger partial charge < -0.3 is 19.7 Å². The highest BCUT2D eigenvalue weighted by Gasteiger charge is 2.15. The zero-order valence-corrected chi connectivity index (χ0v) is 12.5. The zero-order valence-electron chi connectivity index (χ0n) is 12.5. The van der Waals surface area contributed by atoms with E-state index in [0.717, 1.165) is 30.6 Å². The Morgan fingerprint density at radius 1 is 1.27 bits per heavy atom. The van der Waals surface area contributed by atoms with Crippen molar-refractivity contribution in [3.8, 4) is 11.4 Å². The summed E-state index contributed by atoms with van der Waals surface area (Å²) in [5, 5.41) is 4.00. The molecule has 1 aromatic heterocycles. The van der Waals surface area contributed by atoms with Crippen molar-refractivity contribution in [3.63, 3.8) is 0 Å². The Balaban J connectivity index is 1.47. The molecule has 6 nitrogen and oxygen atoms in total. The molecule has 1 aliphatic rings. The van der Waals surface area contributed by atoms with Gasteiger partial charge in [-0.2, -0.15) is 4.98 Å². The van der Waals surface area contributed by atoms with Crippen LogP contribution in [0.2, 0.25) is 0 Å². The summed E-state index contributed by atoms with van der Waals surface area (Å²) in [7, 11) is 0. The maximum absolute atomic E-state index is 5.60. The normalized spacial score (nSPS) is 18.0. The molecule has 3 rings (SSSR count). The van der Waals surface area contributed by atoms with E-state index in [0.29, 0.717) is 37.9 Å². The summed E-state index contributed by atoms with van der Waals surface area (Å²) in [6.07, 6.45) is 3.08. The molecule has 2 aromatic rings. The Kier molecular flexibility index (Phi) is 5.15. The van der Waals surface area contributed by atoms with Gasteiger partial charge in [0.25, 0.3) is 0 Å². The van der Waals surface area contributed by atoms with E-state index in [-0.39, 0.29) is 6.10 Å². The van der Waals surface area contributed by atoms with Crippen LogP contribution in [-0.2, 0) is 22.4 Å². The van der Waals surface area contributed by atoms with Gasteiger partial charge >= 0.3 is 0 Å². The zero-order chi connectivity index (χ0) is 15.2. The number of ether oxygens (including phenoxy) is 2. The Labute approximate surface area is 129 Å². The average Bonchev–Trinajstić information content (AvgIpc) is 3.23. The summed E-state index contributed by atoms with van der Waals surface area (Å²) in [4.78, 5) is 4.39. The third kappa shape index (κ3) is 3.91. The third-order valence-corrected chi connectivity index (χ3v) is 3.70. The lowest BCUT2D eigenvalue weighted by molar-refractivity contribution is 0.0169. The van der Waals surface area contributed by atoms with Crippen LogP contribution < -0.4 is 5.73 Å². The number of nitrogens with two attached hydrogens (primary N) is 1. The first-order chi connectivity index (χ1) is 10.8. The SMILES string of the molecule is NCc1ccc(-c2noc(CCOCC3CCCO3)n2)cc1. The summed E-state index contributed by atoms with van der Waals surface area (Å²) in [6, 6.07) is 7.83. The van der Waals surface area contributed by atoms with Crippen molar-refractivity contribution in [3.05, 3.63) is 35.7 Å². The van der Waals surface area contributed by atoms with Crippen molar-refractivity contribution in [2.75, 3.05) is 19.8 Å². The standard InChI is InChI=1S/C16H21N3O3/c17-10-12-3-5-13(6-4-12)16-18-15(22-19-16)7-9-20-11-14-2-1-8-21-14/h3-6,14H,1-2,7-11,17H2. The fraction of sp³-hybridized carbons (Fsp3) is 0.500. The minimum absolute atomic E-state index is 0.249. The Bertz CT molecular complexity index is 577. The average molecular weight is 303 g/mol. The molecule has 0 saturated carbocycles. The Morgan fingerprint density at radius 3 is 2.86 bits per heavy atom. The molecular formula is C16H21N3O3. The van der Waals surface area contributed by atoms with Gasteiger partial charge in [0.1, 0.15) is 0 Å². The minimum atomic E-state index is 0.249. The number of hydrogen-bond donors (Lipinski definition) is 1. The van der Waals surface area contributed by atoms with Gasteiger partial charge in [0.15, 0.2) is 0 Å². The van der Waals surface area contributed by atoms with E-state index in [1.807, 2.05) is 24.3 Å². The molecular weight excluding hydrogens is 282 g/mol. The number of aromatic nitrogens is 2. The molecule has 2 heterocycles. The first kappa shape index (κ1) is 15.1. The molecule has 22 heavy (non-hydrogen) atoms. The van der Waals surface area contributed by atoms with Gasteiger partial charge in [0.2, 0.25) is 11.7 Å². The Morgan fingerprint density at radius 2 is 2.14 bits per heavy atom. The fourth-order valence-electron chi connectivity index (χ4n) is 2.41. The van der Waals surface area contributed by atoms with Crippen LogP contribution in [0.15, 0.2) is 28.8 Å². The van der Waals surface area contributed by atoms with Crippen molar-refractivity contribution in [2.45, 2.75) is 31.9 Å². The van der Waals surface area contributed by atoms with Crippen molar-refractivity contribution in [1.29, 1.82) is 0 Å². The van der Waals surface area contributed by atoms with E-state index in [9.17, 15) is 0 Å². The maximum Gasteiger partial charge on any atom is 0.229 e. The highest BCUT2D eigenvalue weighted by molar-refractivity contribution is 5.54. The lowest BCUT2D eigenvalue weighted by Gasteiger charge is -2.08. The van der Waals surface area contributed by atoms with Crippen LogP contribution in [0.1, 0.15) is 24.3 Å². The van der Waals surface area contributed by atoms with E-state index in [2.05, 4.69) is 10.1 Å². The Hall–Kier alpha value is -1.76. The molecule has 0 spiro atoms. The van der Waals surface area contributed by atoms with Crippen LogP contribution in [0.25, 0.3) is 11.4 Å². The summed E-state index contributed by atoms with van der Waals surface area (Å²) < 4.78 is 16.4. The molecule has 1 aromatic carbocycles. The monoisotopic (exact) mass is 303 g/mol. The number of rotatable bonds is 7. The van der Waals surface area contributed by atoms with Gasteiger partial charge in [-0.3, -0.25) is 0 Å². The van der Waals surface area contributed by atoms with Crippen LogP contribution in [-0.4, -0.2) is 36.1 Å². The van der Waals surface area contributed by atoms with Crippen LogP contribution in [0.3, 0.4) is 0 Å². The predicted octanol–water partition coefficient (Wildman–Crippen LogP) is 1.93. The van der Waals surface area contributed by atoms with Crippen molar-refractivity contribution in [1.82, 2.24) is 10.1 Å². The topological polar surface area (TPSA) is 83.4 Å². The second-order valence-corrected chi connectivity index (χ2v) is 5.37. The first-order valence-corrected chi connectivity index (χ1v) is 7.66. The van der Waals surface area contributed by atoms with E-state index < -0.39 is 0 Å². The summed E-state index contributed by atoms with van der Waals surface area (Å²) in [5.41, 5.74) is 7.59. The van der Waals surface area contributed by atoms with Gasteiger partial charge in [-0.15, -0.1) is 0 Å². The summed E-state index contributed by atoms with van der Waals surface area (Å²) in [6.45, 7) is 2.58. The van der Waals surface area contributed by atoms with Crippen LogP contribution in [0.4, 0.5) is 0 Å². The number of benzene rings is 1. The molecule has 1 saturated heterocycles. The van der Waals surface area contributed by atoms with Gasteiger partial charge in [-0.25, -0.2) is 0 Å². The second kappa shape index (κ2) is 7.49. The molecule has 0 bridgehead atoms. The lowest BCUT2D eigenvalue weighted by atomic mass is 10.1. The van der Waals surface area contributed by atoms with Gasteiger partial charge in [-0.05, 0) is 18.4 Å². The minimum Gasteiger partial charge on any atom is -0.378 e. The smallest absolute Gasteiger partial charge is 0.229 e. The maximum atomic E-state index is 5.60. The highest BCUT2D eigenvalue weighted by atomic mass is 16.5. The molecule has 1 unspecified atom stereocenters. The summed E-state index contributed by atoms with van der Waals surface area (Å²) in [5.74, 6) is 1.18. The highest BCUT2D eigenvalue weighted by Crippen LogP contribution is 2.17. The molecule has 0 aliphatic carbocycles. The lowest BCUT2D eigenvalue weighted by Crippen LogP contribution is -2.15. The molecule has 0 amide bonds. The second-order valence-electron chi connectivity index (χ2n) is 5.37. The molecule has 6 heteroatoms. The van der Waals surface area contributed by atoms with Gasteiger partial charge in [-0.1, -0.05) is 29.4 Å². The quantitative estimate of drug-likeness (QED) is 0.787. The van der Waals surface area contributed by atoms with Crippen LogP contribution in [0.5, 0.6) is 0 Å². The van der Waals surface area contributed by atoms with E-state index in [1.54, 1.807) is 0 Å². The third-order valence-electron chi connectivity index (χ3n) is 3.70. The number of nitrogens with zero attached hydrogens (tertiary/aromatic N) is 2.